The lowest BCUT2D eigenvalue weighted by Gasteiger charge is -2.12. The fourth-order valence-electron chi connectivity index (χ4n) is 5.47. The Morgan fingerprint density at radius 2 is 0.837 bits per heavy atom. The highest BCUT2D eigenvalue weighted by Gasteiger charge is 2.28. The molecule has 0 atom stereocenters. The minimum absolute atomic E-state index is 0.119. The zero-order valence-corrected chi connectivity index (χ0v) is 29.4. The Hall–Kier alpha value is -4.36. The molecule has 0 bridgehead atoms. The fourth-order valence-corrected chi connectivity index (χ4v) is 8.55. The van der Waals surface area contributed by atoms with E-state index >= 15 is 0 Å². The van der Waals surface area contributed by atoms with Gasteiger partial charge >= 0.3 is 0 Å². The molecule has 0 spiro atoms. The van der Waals surface area contributed by atoms with Gasteiger partial charge in [-0.1, -0.05) is 90.3 Å². The molecule has 14 heteroatoms. The third-order valence-corrected chi connectivity index (χ3v) is 11.4. The van der Waals surface area contributed by atoms with Crippen LogP contribution in [0.5, 0.6) is 0 Å². The van der Waals surface area contributed by atoms with Crippen LogP contribution in [0.25, 0.3) is 11.4 Å². The summed E-state index contributed by atoms with van der Waals surface area (Å²) >= 11 is 12.0. The number of benzene rings is 4. The monoisotopic (exact) mass is 734 g/mol. The number of rotatable bonds is 14. The molecule has 0 fully saturated rings. The van der Waals surface area contributed by atoms with Crippen LogP contribution in [0.2, 0.25) is 10.0 Å². The summed E-state index contributed by atoms with van der Waals surface area (Å²) < 4.78 is 57.4. The first kappa shape index (κ1) is 34.5. The number of aromatic nitrogens is 6. The van der Waals surface area contributed by atoms with E-state index in [1.54, 1.807) is 57.7 Å². The van der Waals surface area contributed by atoms with Crippen LogP contribution in [-0.2, 0) is 44.0 Å². The standard InChI is InChI=1S/C35H32Cl2N6O4S2/c36-28-20-16-26(17-21-28)24-48(44,45)34-40-38-32(42(34)30-10-4-1-5-11-30)14-8-3-9-15-33-39-41-35(43(33)31-12-6-2-7-13-31)49(46,47)25-27-18-22-29(37)23-19-27/h1-2,4-7,10-13,16-23H,3,8-9,14-15,24-25H2. The van der Waals surface area contributed by atoms with E-state index in [1.165, 1.54) is 0 Å². The summed E-state index contributed by atoms with van der Waals surface area (Å²) in [5, 5.41) is 17.7. The smallest absolute Gasteiger partial charge is 0.254 e. The third-order valence-electron chi connectivity index (χ3n) is 7.83. The van der Waals surface area contributed by atoms with Gasteiger partial charge in [-0.15, -0.1) is 20.4 Å². The number of nitrogens with zero attached hydrogens (tertiary/aromatic N) is 6. The number of hydrogen-bond acceptors (Lipinski definition) is 8. The minimum atomic E-state index is -3.85. The first-order valence-electron chi connectivity index (χ1n) is 15.5. The van der Waals surface area contributed by atoms with Gasteiger partial charge in [0, 0.05) is 34.3 Å². The molecule has 10 nitrogen and oxygen atoms in total. The van der Waals surface area contributed by atoms with E-state index in [0.29, 0.717) is 69.9 Å². The first-order valence-corrected chi connectivity index (χ1v) is 19.6. The number of sulfone groups is 2. The molecular weight excluding hydrogens is 703 g/mol. The number of hydrogen-bond donors (Lipinski definition) is 0. The van der Waals surface area contributed by atoms with Gasteiger partial charge in [0.1, 0.15) is 11.6 Å². The lowest BCUT2D eigenvalue weighted by molar-refractivity contribution is 0.580. The molecule has 0 saturated heterocycles. The Labute approximate surface area is 295 Å². The molecule has 0 saturated carbocycles. The van der Waals surface area contributed by atoms with Crippen molar-refractivity contribution in [3.8, 4) is 11.4 Å². The van der Waals surface area contributed by atoms with Crippen molar-refractivity contribution >= 4 is 42.9 Å². The highest BCUT2D eigenvalue weighted by Crippen LogP contribution is 2.25. The van der Waals surface area contributed by atoms with Gasteiger partial charge in [-0.2, -0.15) is 0 Å². The van der Waals surface area contributed by atoms with Crippen LogP contribution in [0.3, 0.4) is 0 Å². The molecule has 4 aromatic carbocycles. The van der Waals surface area contributed by atoms with Crippen molar-refractivity contribution in [2.24, 2.45) is 0 Å². The lowest BCUT2D eigenvalue weighted by Crippen LogP contribution is -2.14. The highest BCUT2D eigenvalue weighted by molar-refractivity contribution is 7.90. The Kier molecular flexibility index (Phi) is 10.6. The minimum Gasteiger partial charge on any atom is -0.270 e. The Bertz CT molecular complexity index is 2080. The molecule has 0 unspecified atom stereocenters. The molecule has 2 heterocycles. The van der Waals surface area contributed by atoms with Gasteiger partial charge in [-0.25, -0.2) is 16.8 Å². The molecule has 6 rings (SSSR count). The maximum atomic E-state index is 13.5. The van der Waals surface area contributed by atoms with Crippen molar-refractivity contribution < 1.29 is 16.8 Å². The van der Waals surface area contributed by atoms with Gasteiger partial charge in [0.2, 0.25) is 19.7 Å². The predicted molar refractivity (Wildman–Crippen MR) is 189 cm³/mol. The number of halogens is 2. The average Bonchev–Trinajstić information content (AvgIpc) is 3.73. The van der Waals surface area contributed by atoms with Crippen LogP contribution in [0.1, 0.15) is 42.0 Å². The molecule has 0 aliphatic heterocycles. The number of para-hydroxylation sites is 2. The lowest BCUT2D eigenvalue weighted by atomic mass is 10.1. The molecule has 252 valence electrons. The zero-order valence-electron chi connectivity index (χ0n) is 26.2. The number of aryl methyl sites for hydroxylation is 2. The van der Waals surface area contributed by atoms with E-state index in [2.05, 4.69) is 20.4 Å². The van der Waals surface area contributed by atoms with E-state index in [4.69, 9.17) is 23.2 Å². The van der Waals surface area contributed by atoms with Gasteiger partial charge < -0.3 is 0 Å². The maximum absolute atomic E-state index is 13.5. The van der Waals surface area contributed by atoms with Gasteiger partial charge in [-0.3, -0.25) is 9.13 Å². The van der Waals surface area contributed by atoms with Crippen molar-refractivity contribution in [2.75, 3.05) is 0 Å². The average molecular weight is 736 g/mol. The Morgan fingerprint density at radius 3 is 1.20 bits per heavy atom. The van der Waals surface area contributed by atoms with Crippen molar-refractivity contribution in [3.63, 3.8) is 0 Å². The van der Waals surface area contributed by atoms with Crippen molar-refractivity contribution in [2.45, 2.75) is 53.9 Å². The van der Waals surface area contributed by atoms with Crippen molar-refractivity contribution in [3.05, 3.63) is 142 Å². The number of unbranched alkanes of at least 4 members (excludes halogenated alkanes) is 2. The molecule has 6 aromatic rings. The molecule has 49 heavy (non-hydrogen) atoms. The van der Waals surface area contributed by atoms with Gasteiger partial charge in [0.15, 0.2) is 0 Å². The van der Waals surface area contributed by atoms with E-state index in [0.717, 1.165) is 6.42 Å². The Balaban J connectivity index is 1.17. The molecule has 0 radical (unpaired) electrons. The van der Waals surface area contributed by atoms with Crippen LogP contribution < -0.4 is 0 Å². The quantitative estimate of drug-likeness (QED) is 0.109. The largest absolute Gasteiger partial charge is 0.270 e. The van der Waals surface area contributed by atoms with Crippen molar-refractivity contribution in [1.29, 1.82) is 0 Å². The second-order valence-electron chi connectivity index (χ2n) is 11.5. The molecule has 2 aromatic heterocycles. The van der Waals surface area contributed by atoms with Crippen LogP contribution in [0.4, 0.5) is 0 Å². The SMILES string of the molecule is O=S(=O)(Cc1ccc(Cl)cc1)c1nnc(CCCCCc2nnc(S(=O)(=O)Cc3ccc(Cl)cc3)n2-c2ccccc2)n1-c1ccccc1. The van der Waals surface area contributed by atoms with Gasteiger partial charge in [0.25, 0.3) is 10.3 Å². The Morgan fingerprint density at radius 1 is 0.469 bits per heavy atom. The zero-order chi connectivity index (χ0) is 34.4. The second kappa shape index (κ2) is 15.0. The predicted octanol–water partition coefficient (Wildman–Crippen LogP) is 7.06. The third kappa shape index (κ3) is 8.27. The summed E-state index contributed by atoms with van der Waals surface area (Å²) in [4.78, 5) is 0. The van der Waals surface area contributed by atoms with E-state index in [-0.39, 0.29) is 21.8 Å². The maximum Gasteiger partial charge on any atom is 0.254 e. The molecule has 0 aliphatic rings. The summed E-state index contributed by atoms with van der Waals surface area (Å²) in [6.45, 7) is 0. The van der Waals surface area contributed by atoms with Crippen LogP contribution >= 0.6 is 23.2 Å². The normalized spacial score (nSPS) is 12.0. The molecule has 0 aliphatic carbocycles. The molecule has 0 N–H and O–H groups in total. The van der Waals surface area contributed by atoms with Gasteiger partial charge in [-0.05, 0) is 72.5 Å². The second-order valence-corrected chi connectivity index (χ2v) is 16.1. The summed E-state index contributed by atoms with van der Waals surface area (Å²) in [6.07, 6.45) is 3.06. The van der Waals surface area contributed by atoms with E-state index in [1.807, 2.05) is 60.7 Å². The highest BCUT2D eigenvalue weighted by atomic mass is 35.5. The van der Waals surface area contributed by atoms with Crippen LogP contribution in [0.15, 0.2) is 120 Å². The summed E-state index contributed by atoms with van der Waals surface area (Å²) in [5.74, 6) is 0.580. The van der Waals surface area contributed by atoms with E-state index < -0.39 is 19.7 Å². The van der Waals surface area contributed by atoms with Crippen molar-refractivity contribution in [1.82, 2.24) is 29.5 Å². The van der Waals surface area contributed by atoms with E-state index in [9.17, 15) is 16.8 Å². The van der Waals surface area contributed by atoms with Crippen LogP contribution in [-0.4, -0.2) is 46.4 Å². The summed E-state index contributed by atoms with van der Waals surface area (Å²) in [6, 6.07) is 31.7. The van der Waals surface area contributed by atoms with Gasteiger partial charge in [0.05, 0.1) is 11.5 Å². The van der Waals surface area contributed by atoms with Crippen LogP contribution in [0, 0.1) is 0 Å². The molecule has 0 amide bonds. The first-order chi connectivity index (χ1) is 23.6. The topological polar surface area (TPSA) is 130 Å². The summed E-state index contributed by atoms with van der Waals surface area (Å²) in [7, 11) is -7.69. The molecular formula is C35H32Cl2N6O4S2. The summed E-state index contributed by atoms with van der Waals surface area (Å²) in [5.41, 5.74) is 2.50. The fraction of sp³-hybridized carbons (Fsp3) is 0.200.